The number of aryl methyl sites for hydroxylation is 1. The molecule has 0 bridgehead atoms. The van der Waals surface area contributed by atoms with Crippen molar-refractivity contribution in [2.45, 2.75) is 6.92 Å². The topological polar surface area (TPSA) is 43.2 Å². The summed E-state index contributed by atoms with van der Waals surface area (Å²) in [7, 11) is 1.60. The zero-order valence-electron chi connectivity index (χ0n) is 11.3. The van der Waals surface area contributed by atoms with Crippen LogP contribution in [-0.4, -0.2) is 16.8 Å². The van der Waals surface area contributed by atoms with Crippen molar-refractivity contribution in [1.82, 2.24) is 9.67 Å². The SMILES string of the molecule is COc1ccc2c(c1Cl)Nc1c(Br)cc(C)c3ncn-2[n+]13. The molecule has 21 heavy (non-hydrogen) atoms. The summed E-state index contributed by atoms with van der Waals surface area (Å²) in [6, 6.07) is 5.85. The summed E-state index contributed by atoms with van der Waals surface area (Å²) >= 11 is 10.0. The van der Waals surface area contributed by atoms with Crippen LogP contribution in [0.4, 0.5) is 11.5 Å². The summed E-state index contributed by atoms with van der Waals surface area (Å²) in [6.45, 7) is 2.03. The van der Waals surface area contributed by atoms with Gasteiger partial charge in [0.15, 0.2) is 0 Å². The molecule has 0 radical (unpaired) electrons. The standard InChI is InChI=1S/C14H10BrClN4O/c1-7-5-8(15)14-18-12-9(3-4-10(21-2)11(12)16)19-6-17-13(7)20(14)19/h3-6H,1-2H3/p+1. The summed E-state index contributed by atoms with van der Waals surface area (Å²) < 4.78 is 10.2. The molecule has 0 amide bonds. The number of ether oxygens (including phenoxy) is 1. The van der Waals surface area contributed by atoms with Crippen molar-refractivity contribution in [3.63, 3.8) is 0 Å². The third kappa shape index (κ3) is 1.63. The van der Waals surface area contributed by atoms with E-state index in [1.165, 1.54) is 0 Å². The van der Waals surface area contributed by atoms with Gasteiger partial charge in [-0.1, -0.05) is 16.6 Å². The lowest BCUT2D eigenvalue weighted by molar-refractivity contribution is -0.585. The van der Waals surface area contributed by atoms with Crippen LogP contribution in [0.5, 0.6) is 5.75 Å². The molecule has 1 N–H and O–H groups in total. The van der Waals surface area contributed by atoms with E-state index >= 15 is 0 Å². The summed E-state index contributed by atoms with van der Waals surface area (Å²) in [5.41, 5.74) is 3.73. The highest BCUT2D eigenvalue weighted by atomic mass is 79.9. The van der Waals surface area contributed by atoms with Crippen LogP contribution in [0.15, 0.2) is 29.0 Å². The van der Waals surface area contributed by atoms with Crippen LogP contribution in [-0.2, 0) is 0 Å². The fourth-order valence-corrected chi connectivity index (χ4v) is 3.53. The Morgan fingerprint density at radius 2 is 2.24 bits per heavy atom. The highest BCUT2D eigenvalue weighted by Gasteiger charge is 2.30. The van der Waals surface area contributed by atoms with E-state index in [-0.39, 0.29) is 0 Å². The molecule has 0 fully saturated rings. The Balaban J connectivity index is 2.12. The minimum Gasteiger partial charge on any atom is -0.495 e. The number of benzene rings is 1. The zero-order chi connectivity index (χ0) is 14.7. The van der Waals surface area contributed by atoms with Gasteiger partial charge in [0.05, 0.1) is 11.6 Å². The van der Waals surface area contributed by atoms with Gasteiger partial charge in [-0.15, -0.1) is 4.52 Å². The fourth-order valence-electron chi connectivity index (χ4n) is 2.64. The maximum absolute atomic E-state index is 6.43. The second-order valence-corrected chi connectivity index (χ2v) is 6.08. The van der Waals surface area contributed by atoms with Crippen LogP contribution in [0.25, 0.3) is 11.3 Å². The zero-order valence-corrected chi connectivity index (χ0v) is 13.7. The third-order valence-electron chi connectivity index (χ3n) is 3.63. The number of nitrogens with one attached hydrogen (secondary N) is 1. The largest absolute Gasteiger partial charge is 0.495 e. The quantitative estimate of drug-likeness (QED) is 0.525. The highest BCUT2D eigenvalue weighted by Crippen LogP contribution is 2.41. The highest BCUT2D eigenvalue weighted by molar-refractivity contribution is 9.10. The molecular weight excluding hydrogens is 356 g/mol. The number of hydrogen-bond acceptors (Lipinski definition) is 3. The molecular formula is C14H11BrClN4O+. The number of methoxy groups -OCH3 is 1. The predicted molar refractivity (Wildman–Crippen MR) is 84.0 cm³/mol. The molecule has 3 heterocycles. The minimum atomic E-state index is 0.551. The van der Waals surface area contributed by atoms with Gasteiger partial charge < -0.3 is 4.74 Å². The second-order valence-electron chi connectivity index (χ2n) is 4.85. The third-order valence-corrected chi connectivity index (χ3v) is 4.61. The van der Waals surface area contributed by atoms with Gasteiger partial charge in [0, 0.05) is 5.56 Å². The molecule has 4 rings (SSSR count). The lowest BCUT2D eigenvalue weighted by atomic mass is 10.2. The summed E-state index contributed by atoms with van der Waals surface area (Å²) in [6.07, 6.45) is 1.79. The van der Waals surface area contributed by atoms with Crippen LogP contribution >= 0.6 is 27.5 Å². The molecule has 1 aromatic carbocycles. The maximum atomic E-state index is 6.43. The number of rotatable bonds is 1. The molecule has 1 aliphatic rings. The first-order chi connectivity index (χ1) is 10.1. The first kappa shape index (κ1) is 12.9. The molecule has 5 nitrogen and oxygen atoms in total. The van der Waals surface area contributed by atoms with Crippen molar-refractivity contribution in [2.24, 2.45) is 0 Å². The molecule has 0 spiro atoms. The number of nitrogens with zero attached hydrogens (tertiary/aromatic N) is 3. The van der Waals surface area contributed by atoms with Gasteiger partial charge in [-0.3, -0.25) is 5.32 Å². The van der Waals surface area contributed by atoms with Crippen molar-refractivity contribution in [3.05, 3.63) is 39.6 Å². The fraction of sp³-hybridized carbons (Fsp3) is 0.143. The monoisotopic (exact) mass is 365 g/mol. The van der Waals surface area contributed by atoms with Crippen LogP contribution in [0, 0.1) is 6.92 Å². The van der Waals surface area contributed by atoms with Gasteiger partial charge >= 0.3 is 0 Å². The lowest BCUT2D eigenvalue weighted by Crippen LogP contribution is -2.38. The Labute approximate surface area is 134 Å². The van der Waals surface area contributed by atoms with Crippen molar-refractivity contribution in [2.75, 3.05) is 12.4 Å². The van der Waals surface area contributed by atoms with Gasteiger partial charge in [-0.2, -0.15) is 4.68 Å². The van der Waals surface area contributed by atoms with Crippen LogP contribution in [0.3, 0.4) is 0 Å². The number of aromatic nitrogens is 3. The Kier molecular flexibility index (Phi) is 2.68. The molecule has 0 saturated carbocycles. The van der Waals surface area contributed by atoms with Crippen molar-refractivity contribution < 1.29 is 9.25 Å². The normalized spacial score (nSPS) is 12.2. The summed E-state index contributed by atoms with van der Waals surface area (Å²) in [5.74, 6) is 1.52. The Hall–Kier alpha value is -1.79. The predicted octanol–water partition coefficient (Wildman–Crippen LogP) is 3.40. The van der Waals surface area contributed by atoms with Gasteiger partial charge in [-0.05, 0) is 41.1 Å². The van der Waals surface area contributed by atoms with E-state index in [1.54, 1.807) is 13.4 Å². The molecule has 3 aromatic rings. The Morgan fingerprint density at radius 3 is 3.00 bits per heavy atom. The van der Waals surface area contributed by atoms with E-state index in [4.69, 9.17) is 16.3 Å². The van der Waals surface area contributed by atoms with E-state index in [2.05, 4.69) is 26.2 Å². The average Bonchev–Trinajstić information content (AvgIpc) is 2.91. The molecule has 2 aromatic heterocycles. The number of anilines is 2. The average molecular weight is 367 g/mol. The summed E-state index contributed by atoms with van der Waals surface area (Å²) in [4.78, 5) is 4.49. The number of halogens is 2. The molecule has 1 aliphatic heterocycles. The van der Waals surface area contributed by atoms with Gasteiger partial charge in [0.2, 0.25) is 6.33 Å². The maximum Gasteiger partial charge on any atom is 0.290 e. The smallest absolute Gasteiger partial charge is 0.290 e. The minimum absolute atomic E-state index is 0.551. The van der Waals surface area contributed by atoms with Crippen LogP contribution < -0.4 is 14.6 Å². The van der Waals surface area contributed by atoms with Crippen LogP contribution in [0.1, 0.15) is 5.56 Å². The molecule has 0 aliphatic carbocycles. The number of fused-ring (bicyclic) bond motifs is 2. The molecule has 0 saturated heterocycles. The van der Waals surface area contributed by atoms with Crippen molar-refractivity contribution in [1.29, 1.82) is 0 Å². The van der Waals surface area contributed by atoms with E-state index in [0.29, 0.717) is 10.8 Å². The van der Waals surface area contributed by atoms with E-state index in [1.807, 2.05) is 34.3 Å². The van der Waals surface area contributed by atoms with E-state index in [0.717, 1.165) is 32.9 Å². The van der Waals surface area contributed by atoms with E-state index < -0.39 is 0 Å². The number of hydrogen-bond donors (Lipinski definition) is 1. The molecule has 106 valence electrons. The lowest BCUT2D eigenvalue weighted by Gasteiger charge is -2.19. The summed E-state index contributed by atoms with van der Waals surface area (Å²) in [5, 5.41) is 3.92. The van der Waals surface area contributed by atoms with Gasteiger partial charge in [0.1, 0.15) is 22.1 Å². The number of pyridine rings is 1. The first-order valence-corrected chi connectivity index (χ1v) is 7.51. The van der Waals surface area contributed by atoms with Gasteiger partial charge in [0.25, 0.3) is 11.5 Å². The first-order valence-electron chi connectivity index (χ1n) is 6.34. The van der Waals surface area contributed by atoms with Crippen molar-refractivity contribution >= 4 is 44.7 Å². The van der Waals surface area contributed by atoms with Gasteiger partial charge in [-0.25, -0.2) is 0 Å². The second kappa shape index (κ2) is 4.35. The Morgan fingerprint density at radius 1 is 1.43 bits per heavy atom. The Bertz CT molecular complexity index is 906. The van der Waals surface area contributed by atoms with Crippen LogP contribution in [0.2, 0.25) is 5.02 Å². The molecule has 0 atom stereocenters. The van der Waals surface area contributed by atoms with Crippen molar-refractivity contribution in [3.8, 4) is 11.4 Å². The molecule has 0 unspecified atom stereocenters. The molecule has 7 heteroatoms. The van der Waals surface area contributed by atoms with E-state index in [9.17, 15) is 0 Å².